The minimum atomic E-state index is -4.24. The maximum Gasteiger partial charge on any atom is 0.477 e. The van der Waals surface area contributed by atoms with Crippen LogP contribution < -0.4 is 15.9 Å². The molecule has 14 nitrogen and oxygen atoms in total. The third-order valence-electron chi connectivity index (χ3n) is 11.5. The molecule has 2 aliphatic heterocycles. The number of likely N-dealkylation sites (tertiary alicyclic amines) is 1. The van der Waals surface area contributed by atoms with Gasteiger partial charge >= 0.3 is 15.6 Å². The van der Waals surface area contributed by atoms with Crippen LogP contribution >= 0.6 is 22.5 Å². The largest absolute Gasteiger partial charge is 0.477 e. The van der Waals surface area contributed by atoms with E-state index in [1.54, 1.807) is 24.3 Å². The van der Waals surface area contributed by atoms with Gasteiger partial charge in [0.15, 0.2) is 0 Å². The van der Waals surface area contributed by atoms with Crippen molar-refractivity contribution in [2.45, 2.75) is 32.8 Å². The number of hydrogen-bond acceptors (Lipinski definition) is 12. The van der Waals surface area contributed by atoms with Crippen molar-refractivity contribution in [3.63, 3.8) is 0 Å². The molecule has 9 rings (SSSR count). The highest BCUT2D eigenvalue weighted by Crippen LogP contribution is 2.53. The lowest BCUT2D eigenvalue weighted by Crippen LogP contribution is -2.36. The van der Waals surface area contributed by atoms with Gasteiger partial charge in [-0.1, -0.05) is 212 Å². The molecule has 7 aromatic carbocycles. The van der Waals surface area contributed by atoms with Crippen LogP contribution in [-0.2, 0) is 81.9 Å². The van der Waals surface area contributed by atoms with Crippen LogP contribution in [0.3, 0.4) is 0 Å². The maximum atomic E-state index is 14.4. The fourth-order valence-corrected chi connectivity index (χ4v) is 14.5. The van der Waals surface area contributed by atoms with Crippen LogP contribution in [0.1, 0.15) is 28.7 Å². The zero-order valence-electron chi connectivity index (χ0n) is 39.4. The third-order valence-corrected chi connectivity index (χ3v) is 18.5. The molecule has 0 saturated carbocycles. The molecule has 7 aromatic rings. The van der Waals surface area contributed by atoms with E-state index in [4.69, 9.17) is 27.1 Å². The molecule has 1 fully saturated rings. The summed E-state index contributed by atoms with van der Waals surface area (Å²) < 4.78 is 60.3. The summed E-state index contributed by atoms with van der Waals surface area (Å²) in [5.74, 6) is -1.99. The van der Waals surface area contributed by atoms with Crippen molar-refractivity contribution in [2.24, 2.45) is 0 Å². The zero-order valence-corrected chi connectivity index (χ0v) is 42.1. The summed E-state index contributed by atoms with van der Waals surface area (Å²) in [5.41, 5.74) is 3.09. The number of benzene rings is 7. The van der Waals surface area contributed by atoms with Gasteiger partial charge in [-0.2, -0.15) is 0 Å². The van der Waals surface area contributed by atoms with E-state index in [2.05, 4.69) is 0 Å². The number of amides is 4. The molecule has 2 heterocycles. The third kappa shape index (κ3) is 13.6. The van der Waals surface area contributed by atoms with Crippen LogP contribution in [0.4, 0.5) is 0 Å². The molecule has 4 amide bonds. The van der Waals surface area contributed by atoms with E-state index < -0.39 is 59.6 Å². The number of imide groups is 2. The van der Waals surface area contributed by atoms with Crippen LogP contribution in [-0.4, -0.2) is 52.2 Å². The highest BCUT2D eigenvalue weighted by molar-refractivity contribution is 7.96. The van der Waals surface area contributed by atoms with E-state index in [-0.39, 0.29) is 32.8 Å². The van der Waals surface area contributed by atoms with Gasteiger partial charge in [0.1, 0.15) is 13.5 Å². The summed E-state index contributed by atoms with van der Waals surface area (Å²) in [6.07, 6.45) is 2.13. The van der Waals surface area contributed by atoms with Gasteiger partial charge in [0.2, 0.25) is 5.91 Å². The number of carbonyl (C=O) groups is 4. The van der Waals surface area contributed by atoms with Crippen molar-refractivity contribution in [3.05, 3.63) is 247 Å². The monoisotopic (exact) mass is 1040 g/mol. The van der Waals surface area contributed by atoms with Crippen LogP contribution in [0.5, 0.6) is 0 Å². The molecule has 0 aromatic heterocycles. The Hall–Kier alpha value is -6.92. The Labute approximate surface area is 423 Å². The van der Waals surface area contributed by atoms with E-state index >= 15 is 0 Å². The number of phosphoric ester groups is 2. The van der Waals surface area contributed by atoms with E-state index in [0.29, 0.717) is 5.29 Å². The van der Waals surface area contributed by atoms with Crippen molar-refractivity contribution >= 4 is 67.4 Å². The molecular formula is C56H51N2O12P3. The summed E-state index contributed by atoms with van der Waals surface area (Å²) in [6.45, 7) is -3.99. The Bertz CT molecular complexity index is 2940. The first-order chi connectivity index (χ1) is 35.6. The average Bonchev–Trinajstić information content (AvgIpc) is 3.93. The van der Waals surface area contributed by atoms with E-state index in [1.165, 1.54) is 0 Å². The van der Waals surface area contributed by atoms with Crippen LogP contribution in [0.2, 0.25) is 0 Å². The first kappa shape index (κ1) is 52.4. The molecule has 0 N–H and O–H groups in total. The Morgan fingerprint density at radius 3 is 0.932 bits per heavy atom. The number of carbonyl (C=O) groups excluding carboxylic acids is 4. The summed E-state index contributed by atoms with van der Waals surface area (Å²) >= 11 is 0. The Kier molecular flexibility index (Phi) is 18.1. The summed E-state index contributed by atoms with van der Waals surface area (Å²) in [7, 11) is -8.27. The van der Waals surface area contributed by atoms with Crippen LogP contribution in [0, 0.1) is 0 Å². The Morgan fingerprint density at radius 2 is 0.630 bits per heavy atom. The van der Waals surface area contributed by atoms with Crippen molar-refractivity contribution in [3.8, 4) is 0 Å². The number of nitrogens with zero attached hydrogens (tertiary/aromatic N) is 2. The van der Waals surface area contributed by atoms with Gasteiger partial charge in [-0.25, -0.2) is 9.13 Å². The minimum absolute atomic E-state index is 0.00689. The van der Waals surface area contributed by atoms with E-state index in [0.717, 1.165) is 60.1 Å². The van der Waals surface area contributed by atoms with Crippen molar-refractivity contribution in [1.82, 2.24) is 9.80 Å². The molecule has 372 valence electrons. The molecule has 0 radical (unpaired) electrons. The van der Waals surface area contributed by atoms with Crippen molar-refractivity contribution < 1.29 is 55.5 Å². The Morgan fingerprint density at radius 1 is 0.356 bits per heavy atom. The van der Waals surface area contributed by atoms with E-state index in [9.17, 15) is 28.3 Å². The van der Waals surface area contributed by atoms with E-state index in [1.807, 2.05) is 188 Å². The van der Waals surface area contributed by atoms with Crippen molar-refractivity contribution in [1.29, 1.82) is 0 Å². The Balaban J connectivity index is 0.000000224. The quantitative estimate of drug-likeness (QED) is 0.0495. The molecule has 0 atom stereocenters. The molecule has 17 heteroatoms. The maximum absolute atomic E-state index is 14.4. The minimum Gasteiger partial charge on any atom is -0.282 e. The lowest BCUT2D eigenvalue weighted by molar-refractivity contribution is -0.142. The second-order valence-electron chi connectivity index (χ2n) is 16.3. The molecule has 73 heavy (non-hydrogen) atoms. The second kappa shape index (κ2) is 25.2. The number of phosphoric acid groups is 2. The highest BCUT2D eigenvalue weighted by atomic mass is 31.2. The lowest BCUT2D eigenvalue weighted by Gasteiger charge is -2.31. The molecular weight excluding hydrogens is 986 g/mol. The molecule has 2 aliphatic rings. The van der Waals surface area contributed by atoms with Gasteiger partial charge in [-0.05, 0) is 45.1 Å². The van der Waals surface area contributed by atoms with Gasteiger partial charge in [0.05, 0.1) is 32.8 Å². The van der Waals surface area contributed by atoms with Crippen molar-refractivity contribution in [2.75, 3.05) is 13.5 Å². The topological polar surface area (TPSA) is 164 Å². The second-order valence-corrected chi connectivity index (χ2v) is 23.1. The highest BCUT2D eigenvalue weighted by Gasteiger charge is 2.44. The predicted octanol–water partition coefficient (Wildman–Crippen LogP) is 9.85. The molecule has 0 spiro atoms. The van der Waals surface area contributed by atoms with Gasteiger partial charge in [0.25, 0.3) is 17.7 Å². The van der Waals surface area contributed by atoms with Gasteiger partial charge in [0, 0.05) is 17.4 Å². The molecule has 0 aliphatic carbocycles. The molecule has 0 bridgehead atoms. The normalized spacial score (nSPS) is 13.9. The number of rotatable bonds is 21. The van der Waals surface area contributed by atoms with Gasteiger partial charge < -0.3 is 0 Å². The fourth-order valence-electron chi connectivity index (χ4n) is 7.80. The zero-order chi connectivity index (χ0) is 50.9. The summed E-state index contributed by atoms with van der Waals surface area (Å²) in [6, 6.07) is 66.2. The number of hydrogen-bond donors (Lipinski definition) is 0. The fraction of sp³-hybridized carbons (Fsp3) is 0.125. The first-order valence-electron chi connectivity index (χ1n) is 23.1. The molecule has 1 saturated heterocycles. The predicted molar refractivity (Wildman–Crippen MR) is 280 cm³/mol. The first-order valence-corrected chi connectivity index (χ1v) is 27.8. The smallest absolute Gasteiger partial charge is 0.282 e. The molecule has 0 unspecified atom stereocenters. The lowest BCUT2D eigenvalue weighted by atomic mass is 10.2. The van der Waals surface area contributed by atoms with Gasteiger partial charge in [-0.3, -0.25) is 56.1 Å². The summed E-state index contributed by atoms with van der Waals surface area (Å²) in [4.78, 5) is 53.1. The standard InChI is InChI=1S/C37H33NO6P2.C19H18NO6P/c39-36-26-35(45(32-20-10-3-11-21-32,33-22-12-4-13-23-33)34-24-14-5-15-25-34)37(40)38(36)29-44-46(41,42-27-30-16-6-1-7-17-30)43-28-31-18-8-2-9-19-31;21-18-11-12-19(22)20(18)15-26-27(23,24-13-16-7-3-1-4-8-16)25-14-17-9-5-2-6-10-17/h1-25H,26-29H2;1-12H,13-15H2. The summed E-state index contributed by atoms with van der Waals surface area (Å²) in [5, 5.41) is 3.34. The van der Waals surface area contributed by atoms with Crippen LogP contribution in [0.25, 0.3) is 0 Å². The SMILES string of the molecule is O=C1C=CC(=O)N1COP(=O)(OCc1ccccc1)OCc1ccccc1.O=C1CC(=P(c2ccccc2)(c2ccccc2)c2ccccc2)C(=O)N1COP(=O)(OCc1ccccc1)OCc1ccccc1. The van der Waals surface area contributed by atoms with Crippen LogP contribution in [0.15, 0.2) is 224 Å². The van der Waals surface area contributed by atoms with Gasteiger partial charge in [-0.15, -0.1) is 0 Å². The average molecular weight is 1040 g/mol.